The second-order valence-corrected chi connectivity index (χ2v) is 5.68. The number of nitrogens with two attached hydrogens (primary N) is 1. The molecular formula is C14H27NO. The molecular weight excluding hydrogens is 198 g/mol. The van der Waals surface area contributed by atoms with E-state index in [9.17, 15) is 0 Å². The number of ether oxygens (including phenoxy) is 1. The quantitative estimate of drug-likeness (QED) is 0.747. The Morgan fingerprint density at radius 1 is 0.875 bits per heavy atom. The Bertz CT molecular complexity index is 191. The molecule has 0 bridgehead atoms. The molecule has 0 radical (unpaired) electrons. The molecule has 2 heteroatoms. The fraction of sp³-hybridized carbons (Fsp3) is 1.00. The van der Waals surface area contributed by atoms with Crippen molar-refractivity contribution in [1.29, 1.82) is 0 Å². The first-order chi connectivity index (χ1) is 7.85. The summed E-state index contributed by atoms with van der Waals surface area (Å²) in [6.45, 7) is 0.726. The van der Waals surface area contributed by atoms with E-state index in [0.29, 0.717) is 6.10 Å². The third kappa shape index (κ3) is 3.21. The normalized spacial score (nSPS) is 27.6. The second kappa shape index (κ2) is 6.02. The van der Waals surface area contributed by atoms with Crippen LogP contribution in [0.1, 0.15) is 70.6 Å². The predicted octanol–water partition coefficient (Wildman–Crippen LogP) is 3.39. The van der Waals surface area contributed by atoms with Crippen LogP contribution in [0.15, 0.2) is 0 Å². The molecule has 2 N–H and O–H groups in total. The molecule has 2 aliphatic rings. The zero-order chi connectivity index (χ0) is 11.3. The summed E-state index contributed by atoms with van der Waals surface area (Å²) in [6, 6.07) is 0. The van der Waals surface area contributed by atoms with Crippen LogP contribution in [0.4, 0.5) is 0 Å². The van der Waals surface area contributed by atoms with Crippen LogP contribution in [0.2, 0.25) is 0 Å². The van der Waals surface area contributed by atoms with Crippen molar-refractivity contribution in [1.82, 2.24) is 0 Å². The van der Waals surface area contributed by atoms with Crippen molar-refractivity contribution in [3.8, 4) is 0 Å². The van der Waals surface area contributed by atoms with Gasteiger partial charge in [0.15, 0.2) is 0 Å². The van der Waals surface area contributed by atoms with E-state index in [1.807, 2.05) is 0 Å². The molecule has 0 aromatic rings. The summed E-state index contributed by atoms with van der Waals surface area (Å²) in [7, 11) is 0. The van der Waals surface area contributed by atoms with Crippen LogP contribution < -0.4 is 5.73 Å². The first-order valence-electron chi connectivity index (χ1n) is 7.23. The maximum atomic E-state index is 6.42. The van der Waals surface area contributed by atoms with Crippen LogP contribution in [0.3, 0.4) is 0 Å². The van der Waals surface area contributed by atoms with Crippen LogP contribution in [0.25, 0.3) is 0 Å². The van der Waals surface area contributed by atoms with Crippen molar-refractivity contribution < 1.29 is 4.74 Å². The Morgan fingerprint density at radius 2 is 1.44 bits per heavy atom. The predicted molar refractivity (Wildman–Crippen MR) is 67.4 cm³/mol. The summed E-state index contributed by atoms with van der Waals surface area (Å²) in [5.74, 6) is 0. The van der Waals surface area contributed by atoms with Crippen LogP contribution in [-0.4, -0.2) is 18.2 Å². The molecule has 0 aliphatic heterocycles. The van der Waals surface area contributed by atoms with Gasteiger partial charge in [-0.25, -0.2) is 0 Å². The van der Waals surface area contributed by atoms with E-state index in [0.717, 1.165) is 6.54 Å². The molecule has 0 saturated heterocycles. The lowest BCUT2D eigenvalue weighted by molar-refractivity contribution is -0.108. The monoisotopic (exact) mass is 225 g/mol. The molecule has 2 saturated carbocycles. The second-order valence-electron chi connectivity index (χ2n) is 5.68. The van der Waals surface area contributed by atoms with Gasteiger partial charge < -0.3 is 10.5 Å². The fourth-order valence-electron chi connectivity index (χ4n) is 3.28. The van der Waals surface area contributed by atoms with Gasteiger partial charge in [-0.3, -0.25) is 0 Å². The summed E-state index contributed by atoms with van der Waals surface area (Å²) in [4.78, 5) is 0. The Kier molecular flexibility index (Phi) is 4.66. The van der Waals surface area contributed by atoms with Gasteiger partial charge in [0.1, 0.15) is 0 Å². The minimum absolute atomic E-state index is 0.0402. The first kappa shape index (κ1) is 12.4. The van der Waals surface area contributed by atoms with Crippen LogP contribution >= 0.6 is 0 Å². The van der Waals surface area contributed by atoms with Crippen molar-refractivity contribution in [3.63, 3.8) is 0 Å². The molecule has 94 valence electrons. The smallest absolute Gasteiger partial charge is 0.0807 e. The number of hydrogen-bond acceptors (Lipinski definition) is 2. The highest BCUT2D eigenvalue weighted by Gasteiger charge is 2.33. The maximum absolute atomic E-state index is 6.42. The molecule has 0 unspecified atom stereocenters. The Morgan fingerprint density at radius 3 is 2.00 bits per heavy atom. The molecule has 0 atom stereocenters. The van der Waals surface area contributed by atoms with Gasteiger partial charge in [0, 0.05) is 6.54 Å². The summed E-state index contributed by atoms with van der Waals surface area (Å²) < 4.78 is 6.42. The highest BCUT2D eigenvalue weighted by atomic mass is 16.5. The third-order valence-corrected chi connectivity index (χ3v) is 4.36. The lowest BCUT2D eigenvalue weighted by Crippen LogP contribution is -2.43. The van der Waals surface area contributed by atoms with Gasteiger partial charge in [-0.2, -0.15) is 0 Å². The van der Waals surface area contributed by atoms with Gasteiger partial charge in [-0.1, -0.05) is 44.9 Å². The molecule has 0 heterocycles. The zero-order valence-electron chi connectivity index (χ0n) is 10.5. The molecule has 2 fully saturated rings. The minimum Gasteiger partial charge on any atom is -0.370 e. The molecule has 2 aliphatic carbocycles. The van der Waals surface area contributed by atoms with E-state index in [4.69, 9.17) is 10.5 Å². The van der Waals surface area contributed by atoms with E-state index >= 15 is 0 Å². The number of rotatable bonds is 3. The van der Waals surface area contributed by atoms with Crippen molar-refractivity contribution in [2.45, 2.75) is 82.3 Å². The van der Waals surface area contributed by atoms with E-state index in [2.05, 4.69) is 0 Å². The lowest BCUT2D eigenvalue weighted by Gasteiger charge is -2.37. The van der Waals surface area contributed by atoms with Crippen LogP contribution in [0.5, 0.6) is 0 Å². The van der Waals surface area contributed by atoms with E-state index in [1.54, 1.807) is 0 Å². The lowest BCUT2D eigenvalue weighted by atomic mass is 9.91. The van der Waals surface area contributed by atoms with E-state index in [-0.39, 0.29) is 5.60 Å². The largest absolute Gasteiger partial charge is 0.370 e. The summed E-state index contributed by atoms with van der Waals surface area (Å²) in [6.07, 6.45) is 14.9. The maximum Gasteiger partial charge on any atom is 0.0807 e. The van der Waals surface area contributed by atoms with Crippen molar-refractivity contribution in [3.05, 3.63) is 0 Å². The molecule has 0 aromatic carbocycles. The standard InChI is InChI=1S/C14H27NO/c15-12-14(10-6-1-2-7-11-14)16-13-8-4-3-5-9-13/h13H,1-12,15H2. The Hall–Kier alpha value is -0.0800. The van der Waals surface area contributed by atoms with Gasteiger partial charge in [-0.15, -0.1) is 0 Å². The summed E-state index contributed by atoms with van der Waals surface area (Å²) in [5.41, 5.74) is 6.04. The van der Waals surface area contributed by atoms with E-state index < -0.39 is 0 Å². The molecule has 0 spiro atoms. The molecule has 0 aromatic heterocycles. The third-order valence-electron chi connectivity index (χ3n) is 4.36. The first-order valence-corrected chi connectivity index (χ1v) is 7.23. The van der Waals surface area contributed by atoms with Gasteiger partial charge in [0.25, 0.3) is 0 Å². The van der Waals surface area contributed by atoms with Gasteiger partial charge >= 0.3 is 0 Å². The van der Waals surface area contributed by atoms with Crippen molar-refractivity contribution >= 4 is 0 Å². The topological polar surface area (TPSA) is 35.2 Å². The van der Waals surface area contributed by atoms with Crippen LogP contribution in [0, 0.1) is 0 Å². The minimum atomic E-state index is 0.0402. The highest BCUT2D eigenvalue weighted by Crippen LogP contribution is 2.33. The van der Waals surface area contributed by atoms with Crippen molar-refractivity contribution in [2.24, 2.45) is 5.73 Å². The van der Waals surface area contributed by atoms with Gasteiger partial charge in [0.2, 0.25) is 0 Å². The zero-order valence-corrected chi connectivity index (χ0v) is 10.5. The average Bonchev–Trinajstić information content (AvgIpc) is 2.57. The molecule has 16 heavy (non-hydrogen) atoms. The molecule has 2 rings (SSSR count). The summed E-state index contributed by atoms with van der Waals surface area (Å²) in [5, 5.41) is 0. The Balaban J connectivity index is 1.90. The molecule has 0 amide bonds. The number of hydrogen-bond donors (Lipinski definition) is 1. The average molecular weight is 225 g/mol. The Labute approximate surface area is 99.9 Å². The SMILES string of the molecule is NCC1(OC2CCCCC2)CCCCCC1. The highest BCUT2D eigenvalue weighted by molar-refractivity contribution is 4.86. The van der Waals surface area contributed by atoms with Crippen LogP contribution in [-0.2, 0) is 4.74 Å². The van der Waals surface area contributed by atoms with Gasteiger partial charge in [-0.05, 0) is 25.7 Å². The van der Waals surface area contributed by atoms with E-state index in [1.165, 1.54) is 70.6 Å². The molecule has 2 nitrogen and oxygen atoms in total. The van der Waals surface area contributed by atoms with Crippen molar-refractivity contribution in [2.75, 3.05) is 6.54 Å². The fourth-order valence-corrected chi connectivity index (χ4v) is 3.28. The summed E-state index contributed by atoms with van der Waals surface area (Å²) >= 11 is 0. The van der Waals surface area contributed by atoms with Gasteiger partial charge in [0.05, 0.1) is 11.7 Å².